The number of aryl methyl sites for hydroxylation is 3. The molecule has 0 atom stereocenters. The molecule has 2 amide bonds. The van der Waals surface area contributed by atoms with Gasteiger partial charge in [-0.15, -0.1) is 0 Å². The number of para-hydroxylation sites is 1. The Labute approximate surface area is 206 Å². The van der Waals surface area contributed by atoms with Gasteiger partial charge in [0, 0.05) is 11.4 Å². The average Bonchev–Trinajstić information content (AvgIpc) is 3.04. The molecular formula is C28H29N3O2S. The van der Waals surface area contributed by atoms with Crippen LogP contribution in [0.1, 0.15) is 53.4 Å². The summed E-state index contributed by atoms with van der Waals surface area (Å²) < 4.78 is 2.18. The van der Waals surface area contributed by atoms with Crippen molar-refractivity contribution in [3.63, 3.8) is 0 Å². The van der Waals surface area contributed by atoms with Crippen molar-refractivity contribution >= 4 is 40.9 Å². The van der Waals surface area contributed by atoms with Gasteiger partial charge in [0.1, 0.15) is 5.57 Å². The van der Waals surface area contributed by atoms with Crippen LogP contribution in [0, 0.1) is 27.7 Å². The number of carbonyl (C=O) groups excluding carboxylic acids is 2. The van der Waals surface area contributed by atoms with Gasteiger partial charge >= 0.3 is 0 Å². The summed E-state index contributed by atoms with van der Waals surface area (Å²) in [6.07, 6.45) is 1.67. The van der Waals surface area contributed by atoms with Crippen LogP contribution in [0.3, 0.4) is 0 Å². The third-order valence-electron chi connectivity index (χ3n) is 6.35. The Bertz CT molecular complexity index is 1330. The lowest BCUT2D eigenvalue weighted by atomic mass is 10.0. The summed E-state index contributed by atoms with van der Waals surface area (Å²) in [6.45, 7) is 12.4. The van der Waals surface area contributed by atoms with Gasteiger partial charge in [-0.3, -0.25) is 19.8 Å². The molecule has 1 N–H and O–H groups in total. The lowest BCUT2D eigenvalue weighted by molar-refractivity contribution is -0.122. The summed E-state index contributed by atoms with van der Waals surface area (Å²) in [5, 5.41) is 2.77. The highest BCUT2D eigenvalue weighted by Crippen LogP contribution is 2.29. The fourth-order valence-electron chi connectivity index (χ4n) is 4.49. The first kappa shape index (κ1) is 23.6. The summed E-state index contributed by atoms with van der Waals surface area (Å²) in [5.41, 5.74) is 8.11. The van der Waals surface area contributed by atoms with E-state index in [2.05, 4.69) is 49.7 Å². The average molecular weight is 472 g/mol. The lowest BCUT2D eigenvalue weighted by Gasteiger charge is -2.29. The van der Waals surface area contributed by atoms with Crippen LogP contribution in [0.4, 0.5) is 5.69 Å². The molecule has 0 spiro atoms. The zero-order chi connectivity index (χ0) is 24.7. The molecule has 34 heavy (non-hydrogen) atoms. The fourth-order valence-corrected chi connectivity index (χ4v) is 4.77. The highest BCUT2D eigenvalue weighted by Gasteiger charge is 2.34. The quantitative estimate of drug-likeness (QED) is 0.303. The van der Waals surface area contributed by atoms with Crippen molar-refractivity contribution < 1.29 is 9.59 Å². The molecule has 0 unspecified atom stereocenters. The summed E-state index contributed by atoms with van der Waals surface area (Å²) in [4.78, 5) is 27.6. The second kappa shape index (κ2) is 9.03. The number of nitrogens with zero attached hydrogens (tertiary/aromatic N) is 2. The molecule has 1 aliphatic rings. The minimum atomic E-state index is -0.484. The molecule has 0 aliphatic carbocycles. The van der Waals surface area contributed by atoms with Crippen LogP contribution in [-0.4, -0.2) is 21.5 Å². The van der Waals surface area contributed by atoms with Crippen LogP contribution in [0.15, 0.2) is 54.1 Å². The van der Waals surface area contributed by atoms with Crippen molar-refractivity contribution in [1.29, 1.82) is 0 Å². The number of carbonyl (C=O) groups is 2. The highest BCUT2D eigenvalue weighted by molar-refractivity contribution is 7.80. The van der Waals surface area contributed by atoms with E-state index in [1.54, 1.807) is 6.08 Å². The van der Waals surface area contributed by atoms with Crippen molar-refractivity contribution in [2.45, 2.75) is 47.5 Å². The molecule has 5 nitrogen and oxygen atoms in total. The van der Waals surface area contributed by atoms with Crippen LogP contribution in [0.25, 0.3) is 11.8 Å². The largest absolute Gasteiger partial charge is 0.317 e. The predicted octanol–water partition coefficient (Wildman–Crippen LogP) is 5.67. The van der Waals surface area contributed by atoms with Crippen LogP contribution in [0.5, 0.6) is 0 Å². The zero-order valence-electron chi connectivity index (χ0n) is 20.4. The van der Waals surface area contributed by atoms with E-state index in [1.165, 1.54) is 4.90 Å². The molecule has 0 bridgehead atoms. The molecule has 2 heterocycles. The number of thiocarbonyl (C=S) groups is 1. The van der Waals surface area contributed by atoms with Gasteiger partial charge in [0.25, 0.3) is 11.8 Å². The first-order chi connectivity index (χ1) is 16.1. The molecule has 1 aromatic heterocycles. The Kier molecular flexibility index (Phi) is 6.28. The van der Waals surface area contributed by atoms with Gasteiger partial charge in [-0.1, -0.05) is 44.2 Å². The third-order valence-corrected chi connectivity index (χ3v) is 6.64. The fraction of sp³-hybridized carbons (Fsp3) is 0.250. The van der Waals surface area contributed by atoms with E-state index in [0.29, 0.717) is 11.6 Å². The molecule has 6 heteroatoms. The maximum atomic E-state index is 13.5. The van der Waals surface area contributed by atoms with Crippen molar-refractivity contribution in [2.24, 2.45) is 0 Å². The van der Waals surface area contributed by atoms with Gasteiger partial charge < -0.3 is 4.57 Å². The molecule has 1 saturated heterocycles. The maximum Gasteiger partial charge on any atom is 0.270 e. The van der Waals surface area contributed by atoms with E-state index in [0.717, 1.165) is 39.3 Å². The van der Waals surface area contributed by atoms with E-state index in [-0.39, 0.29) is 10.7 Å². The molecular weight excluding hydrogens is 442 g/mol. The van der Waals surface area contributed by atoms with Gasteiger partial charge in [0.2, 0.25) is 0 Å². The third kappa shape index (κ3) is 4.10. The summed E-state index contributed by atoms with van der Waals surface area (Å²) in [7, 11) is 0. The van der Waals surface area contributed by atoms with E-state index in [1.807, 2.05) is 50.2 Å². The number of hydrogen-bond acceptors (Lipinski definition) is 3. The van der Waals surface area contributed by atoms with E-state index >= 15 is 0 Å². The Balaban J connectivity index is 1.76. The van der Waals surface area contributed by atoms with Crippen molar-refractivity contribution in [2.75, 3.05) is 4.90 Å². The maximum absolute atomic E-state index is 13.5. The minimum absolute atomic E-state index is 0.0586. The van der Waals surface area contributed by atoms with Gasteiger partial charge in [-0.2, -0.15) is 0 Å². The smallest absolute Gasteiger partial charge is 0.270 e. The van der Waals surface area contributed by atoms with E-state index in [9.17, 15) is 9.59 Å². The normalized spacial score (nSPS) is 15.4. The van der Waals surface area contributed by atoms with Crippen LogP contribution in [-0.2, 0) is 9.59 Å². The Hall–Kier alpha value is -3.51. The van der Waals surface area contributed by atoms with Crippen molar-refractivity contribution in [3.8, 4) is 5.69 Å². The molecule has 1 fully saturated rings. The van der Waals surface area contributed by atoms with Crippen LogP contribution in [0.2, 0.25) is 0 Å². The molecule has 174 valence electrons. The molecule has 3 aromatic rings. The Morgan fingerprint density at radius 3 is 2.15 bits per heavy atom. The number of amides is 2. The second-order valence-electron chi connectivity index (χ2n) is 9.11. The van der Waals surface area contributed by atoms with Gasteiger partial charge in [-0.25, -0.2) is 0 Å². The molecule has 2 aromatic carbocycles. The summed E-state index contributed by atoms with van der Waals surface area (Å²) in [6, 6.07) is 15.9. The van der Waals surface area contributed by atoms with E-state index < -0.39 is 11.8 Å². The second-order valence-corrected chi connectivity index (χ2v) is 9.49. The van der Waals surface area contributed by atoms with Gasteiger partial charge in [0.05, 0.1) is 11.4 Å². The number of benzene rings is 2. The van der Waals surface area contributed by atoms with Crippen LogP contribution >= 0.6 is 12.2 Å². The Morgan fingerprint density at radius 2 is 1.56 bits per heavy atom. The monoisotopic (exact) mass is 471 g/mol. The summed E-state index contributed by atoms with van der Waals surface area (Å²) in [5.74, 6) is -0.537. The SMILES string of the molecule is Cc1cccc(C)c1-n1c(C)cc(/C=C2\C(=O)NC(=S)N(c3ccc(C(C)C)cc3)C2=O)c1C. The van der Waals surface area contributed by atoms with Gasteiger partial charge in [0.15, 0.2) is 5.11 Å². The molecule has 4 rings (SSSR count). The number of hydrogen-bond donors (Lipinski definition) is 1. The highest BCUT2D eigenvalue weighted by atomic mass is 32.1. The topological polar surface area (TPSA) is 54.3 Å². The first-order valence-corrected chi connectivity index (χ1v) is 11.8. The number of anilines is 1. The number of nitrogens with one attached hydrogen (secondary N) is 1. The van der Waals surface area contributed by atoms with Crippen LogP contribution < -0.4 is 10.2 Å². The molecule has 0 radical (unpaired) electrons. The molecule has 0 saturated carbocycles. The zero-order valence-corrected chi connectivity index (χ0v) is 21.2. The minimum Gasteiger partial charge on any atom is -0.317 e. The molecule has 1 aliphatic heterocycles. The van der Waals surface area contributed by atoms with Gasteiger partial charge in [-0.05, 0) is 92.4 Å². The van der Waals surface area contributed by atoms with Crippen molar-refractivity contribution in [3.05, 3.63) is 87.7 Å². The van der Waals surface area contributed by atoms with Crippen molar-refractivity contribution in [1.82, 2.24) is 9.88 Å². The van der Waals surface area contributed by atoms with E-state index in [4.69, 9.17) is 12.2 Å². The summed E-state index contributed by atoms with van der Waals surface area (Å²) >= 11 is 5.35. The predicted molar refractivity (Wildman–Crippen MR) is 141 cm³/mol. The standard InChI is InChI=1S/C28H29N3O2S/c1-16(2)21-10-12-23(13-11-21)31-27(33)24(26(32)29-28(31)34)15-22-14-19(5)30(20(22)6)25-17(3)8-7-9-18(25)4/h7-16H,1-6H3,(H,29,32,34)/b24-15+. The lowest BCUT2D eigenvalue weighted by Crippen LogP contribution is -2.54. The number of rotatable bonds is 4. The Morgan fingerprint density at radius 1 is 0.941 bits per heavy atom. The first-order valence-electron chi connectivity index (χ1n) is 11.4. The number of aromatic nitrogens is 1.